The van der Waals surface area contributed by atoms with E-state index in [0.29, 0.717) is 0 Å². The van der Waals surface area contributed by atoms with E-state index in [1.165, 1.54) is 5.32 Å². The number of aromatic nitrogens is 2. The van der Waals surface area contributed by atoms with Crippen LogP contribution in [0.4, 0.5) is 27.6 Å². The maximum atomic E-state index is 12.6. The second kappa shape index (κ2) is 5.43. The molecule has 0 saturated heterocycles. The number of esters is 1. The molecule has 0 aliphatic rings. The van der Waals surface area contributed by atoms with Crippen LogP contribution < -0.4 is 5.32 Å². The topological polar surface area (TPSA) is 73.2 Å². The first-order valence-electron chi connectivity index (χ1n) is 4.93. The zero-order valence-electron chi connectivity index (χ0n) is 9.87. The summed E-state index contributed by atoms with van der Waals surface area (Å²) in [5.41, 5.74) is -0.414. The Balaban J connectivity index is 2.75. The number of nitrogens with zero attached hydrogens (tertiary/aromatic N) is 2. The number of methoxy groups -OCH3 is 1. The lowest BCUT2D eigenvalue weighted by molar-refractivity contribution is -0.267. The van der Waals surface area contributed by atoms with Gasteiger partial charge in [-0.2, -0.15) is 27.1 Å². The molecule has 1 N–H and O–H groups in total. The van der Waals surface area contributed by atoms with Gasteiger partial charge >= 0.3 is 24.0 Å². The molecule has 0 spiro atoms. The van der Waals surface area contributed by atoms with Gasteiger partial charge in [-0.3, -0.25) is 14.3 Å². The van der Waals surface area contributed by atoms with Gasteiger partial charge in [0.05, 0.1) is 19.0 Å². The SMILES string of the molecule is COC(=O)Cn1cc(NC(=O)C(F)(F)C(F)(F)F)cn1. The molecule has 1 aromatic heterocycles. The quantitative estimate of drug-likeness (QED) is 0.670. The van der Waals surface area contributed by atoms with Crippen molar-refractivity contribution in [1.82, 2.24) is 9.78 Å². The second-order valence-corrected chi connectivity index (χ2v) is 3.53. The van der Waals surface area contributed by atoms with Gasteiger partial charge in [-0.25, -0.2) is 0 Å². The molecular weight excluding hydrogens is 293 g/mol. The molecule has 0 aromatic carbocycles. The van der Waals surface area contributed by atoms with E-state index in [4.69, 9.17) is 0 Å². The van der Waals surface area contributed by atoms with Crippen LogP contribution in [-0.4, -0.2) is 40.9 Å². The Morgan fingerprint density at radius 3 is 2.45 bits per heavy atom. The molecule has 112 valence electrons. The van der Waals surface area contributed by atoms with E-state index in [1.807, 2.05) is 0 Å². The number of rotatable bonds is 4. The maximum absolute atomic E-state index is 12.6. The van der Waals surface area contributed by atoms with Gasteiger partial charge < -0.3 is 10.1 Å². The van der Waals surface area contributed by atoms with Crippen molar-refractivity contribution in [2.24, 2.45) is 0 Å². The number of halogens is 5. The van der Waals surface area contributed by atoms with Crippen LogP contribution in [0, 0.1) is 0 Å². The molecule has 1 amide bonds. The minimum Gasteiger partial charge on any atom is -0.468 e. The first-order chi connectivity index (χ1) is 9.07. The van der Waals surface area contributed by atoms with E-state index < -0.39 is 29.7 Å². The number of anilines is 1. The van der Waals surface area contributed by atoms with Gasteiger partial charge in [0.2, 0.25) is 0 Å². The van der Waals surface area contributed by atoms with E-state index in [2.05, 4.69) is 9.84 Å². The zero-order valence-corrected chi connectivity index (χ0v) is 9.87. The summed E-state index contributed by atoms with van der Waals surface area (Å²) in [7, 11) is 1.10. The number of alkyl halides is 5. The number of amides is 1. The van der Waals surface area contributed by atoms with Gasteiger partial charge in [0.25, 0.3) is 0 Å². The van der Waals surface area contributed by atoms with Gasteiger partial charge in [-0.05, 0) is 0 Å². The summed E-state index contributed by atoms with van der Waals surface area (Å²) in [5.74, 6) is -8.79. The second-order valence-electron chi connectivity index (χ2n) is 3.53. The molecule has 0 bridgehead atoms. The van der Waals surface area contributed by atoms with Gasteiger partial charge in [0.15, 0.2) is 0 Å². The van der Waals surface area contributed by atoms with Crippen molar-refractivity contribution in [2.75, 3.05) is 12.4 Å². The highest BCUT2D eigenvalue weighted by Crippen LogP contribution is 2.36. The van der Waals surface area contributed by atoms with Gasteiger partial charge in [-0.1, -0.05) is 0 Å². The predicted molar refractivity (Wildman–Crippen MR) is 53.9 cm³/mol. The standard InChI is InChI=1S/C9H8F5N3O3/c1-20-6(18)4-17-3-5(2-15-17)16-7(19)8(10,11)9(12,13)14/h2-3H,4H2,1H3,(H,16,19). The predicted octanol–water partition coefficient (Wildman–Crippen LogP) is 1.19. The Morgan fingerprint density at radius 1 is 1.35 bits per heavy atom. The van der Waals surface area contributed by atoms with Crippen molar-refractivity contribution in [3.05, 3.63) is 12.4 Å². The maximum Gasteiger partial charge on any atom is 0.463 e. The summed E-state index contributed by atoms with van der Waals surface area (Å²) in [4.78, 5) is 21.7. The minimum absolute atomic E-state index is 0.387. The molecular formula is C9H8F5N3O3. The first kappa shape index (κ1) is 15.9. The number of hydrogen-bond donors (Lipinski definition) is 1. The molecule has 0 fully saturated rings. The third kappa shape index (κ3) is 3.42. The molecule has 6 nitrogen and oxygen atoms in total. The van der Waals surface area contributed by atoms with Crippen LogP contribution in [-0.2, 0) is 20.9 Å². The van der Waals surface area contributed by atoms with E-state index in [-0.39, 0.29) is 6.54 Å². The summed E-state index contributed by atoms with van der Waals surface area (Å²) >= 11 is 0. The molecule has 20 heavy (non-hydrogen) atoms. The normalized spacial score (nSPS) is 12.1. The van der Waals surface area contributed by atoms with Crippen LogP contribution in [0.3, 0.4) is 0 Å². The molecule has 1 heterocycles. The fraction of sp³-hybridized carbons (Fsp3) is 0.444. The minimum atomic E-state index is -6.00. The third-order valence-electron chi connectivity index (χ3n) is 2.05. The average molecular weight is 301 g/mol. The molecule has 1 rings (SSSR count). The van der Waals surface area contributed by atoms with E-state index in [9.17, 15) is 31.5 Å². The highest BCUT2D eigenvalue weighted by Gasteiger charge is 2.63. The van der Waals surface area contributed by atoms with Crippen molar-refractivity contribution < 1.29 is 36.3 Å². The lowest BCUT2D eigenvalue weighted by atomic mass is 10.3. The van der Waals surface area contributed by atoms with Crippen LogP contribution >= 0.6 is 0 Å². The highest BCUT2D eigenvalue weighted by atomic mass is 19.4. The summed E-state index contributed by atoms with van der Waals surface area (Å²) in [5, 5.41) is 4.83. The Morgan fingerprint density at radius 2 is 1.95 bits per heavy atom. The van der Waals surface area contributed by atoms with Crippen molar-refractivity contribution >= 4 is 17.6 Å². The molecule has 0 saturated carbocycles. The first-order valence-corrected chi connectivity index (χ1v) is 4.93. The fourth-order valence-corrected chi connectivity index (χ4v) is 1.05. The van der Waals surface area contributed by atoms with E-state index in [1.54, 1.807) is 0 Å². The molecule has 0 aliphatic heterocycles. The highest BCUT2D eigenvalue weighted by molar-refractivity contribution is 5.96. The third-order valence-corrected chi connectivity index (χ3v) is 2.05. The summed E-state index contributed by atoms with van der Waals surface area (Å²) in [6.07, 6.45) is -4.28. The average Bonchev–Trinajstić information content (AvgIpc) is 2.74. The molecule has 1 aromatic rings. The zero-order chi connectivity index (χ0) is 15.6. The Labute approximate surface area is 108 Å². The fourth-order valence-electron chi connectivity index (χ4n) is 1.05. The number of ether oxygens (including phenoxy) is 1. The van der Waals surface area contributed by atoms with Crippen molar-refractivity contribution in [3.8, 4) is 0 Å². The summed E-state index contributed by atoms with van der Waals surface area (Å²) in [6, 6.07) is 0. The van der Waals surface area contributed by atoms with Crippen LogP contribution in [0.5, 0.6) is 0 Å². The summed E-state index contributed by atoms with van der Waals surface area (Å²) in [6.45, 7) is -0.387. The molecule has 11 heteroatoms. The largest absolute Gasteiger partial charge is 0.468 e. The Bertz CT molecular complexity index is 511. The van der Waals surface area contributed by atoms with Gasteiger partial charge in [-0.15, -0.1) is 0 Å². The smallest absolute Gasteiger partial charge is 0.463 e. The number of carbonyl (C=O) groups excluding carboxylic acids is 2. The Kier molecular flexibility index (Phi) is 4.30. The van der Waals surface area contributed by atoms with Crippen LogP contribution in [0.1, 0.15) is 0 Å². The van der Waals surface area contributed by atoms with Crippen molar-refractivity contribution in [1.29, 1.82) is 0 Å². The molecule has 0 unspecified atom stereocenters. The van der Waals surface area contributed by atoms with Crippen molar-refractivity contribution in [2.45, 2.75) is 18.6 Å². The van der Waals surface area contributed by atoms with Crippen LogP contribution in [0.2, 0.25) is 0 Å². The summed E-state index contributed by atoms with van der Waals surface area (Å²) < 4.78 is 66.2. The van der Waals surface area contributed by atoms with Crippen LogP contribution in [0.25, 0.3) is 0 Å². The number of hydrogen-bond acceptors (Lipinski definition) is 4. The molecule has 0 aliphatic carbocycles. The Hall–Kier alpha value is -2.20. The van der Waals surface area contributed by atoms with E-state index >= 15 is 0 Å². The van der Waals surface area contributed by atoms with Crippen molar-refractivity contribution in [3.63, 3.8) is 0 Å². The van der Waals surface area contributed by atoms with Crippen LogP contribution in [0.15, 0.2) is 12.4 Å². The number of carbonyl (C=O) groups is 2. The number of nitrogens with one attached hydrogen (secondary N) is 1. The molecule has 0 radical (unpaired) electrons. The lowest BCUT2D eigenvalue weighted by Crippen LogP contribution is -2.47. The van der Waals surface area contributed by atoms with E-state index in [0.717, 1.165) is 24.2 Å². The van der Waals surface area contributed by atoms with Gasteiger partial charge in [0, 0.05) is 6.20 Å². The van der Waals surface area contributed by atoms with Gasteiger partial charge in [0.1, 0.15) is 6.54 Å². The lowest BCUT2D eigenvalue weighted by Gasteiger charge is -2.17. The molecule has 0 atom stereocenters. The monoisotopic (exact) mass is 301 g/mol.